The number of hydrogen-bond acceptors (Lipinski definition) is 2. The van der Waals surface area contributed by atoms with Crippen LogP contribution in [0.5, 0.6) is 0 Å². The van der Waals surface area contributed by atoms with E-state index in [9.17, 15) is 22.8 Å². The lowest BCUT2D eigenvalue weighted by Crippen LogP contribution is -2.42. The van der Waals surface area contributed by atoms with Crippen molar-refractivity contribution in [2.75, 3.05) is 13.1 Å². The molecule has 0 aliphatic heterocycles. The van der Waals surface area contributed by atoms with Crippen molar-refractivity contribution in [3.63, 3.8) is 0 Å². The Labute approximate surface area is 125 Å². The Hall–Kier alpha value is -1.28. The second-order valence-corrected chi connectivity index (χ2v) is 5.12. The molecule has 0 aliphatic carbocycles. The third kappa shape index (κ3) is 5.01. The monoisotopic (exact) mass is 373 g/mol. The van der Waals surface area contributed by atoms with Crippen molar-refractivity contribution in [3.05, 3.63) is 33.3 Å². The summed E-state index contributed by atoms with van der Waals surface area (Å²) in [5, 5.41) is 8.52. The van der Waals surface area contributed by atoms with E-state index < -0.39 is 31.1 Å². The summed E-state index contributed by atoms with van der Waals surface area (Å²) in [5.74, 6) is -2.64. The molecule has 0 atom stereocenters. The summed E-state index contributed by atoms with van der Waals surface area (Å²) >= 11 is 8.86. The number of carboxylic acids is 1. The number of halogens is 5. The zero-order chi connectivity index (χ0) is 15.5. The Kier molecular flexibility index (Phi) is 5.41. The number of carbonyl (C=O) groups excluding carboxylic acids is 1. The van der Waals surface area contributed by atoms with E-state index in [-0.39, 0.29) is 15.5 Å². The van der Waals surface area contributed by atoms with Crippen molar-refractivity contribution < 1.29 is 27.9 Å². The van der Waals surface area contributed by atoms with Crippen LogP contribution in [-0.2, 0) is 4.79 Å². The van der Waals surface area contributed by atoms with Crippen molar-refractivity contribution in [3.8, 4) is 0 Å². The average Bonchev–Trinajstić information content (AvgIpc) is 2.24. The molecule has 0 radical (unpaired) electrons. The van der Waals surface area contributed by atoms with Crippen LogP contribution in [0, 0.1) is 0 Å². The summed E-state index contributed by atoms with van der Waals surface area (Å²) in [5.41, 5.74) is -0.194. The van der Waals surface area contributed by atoms with Gasteiger partial charge in [-0.2, -0.15) is 13.2 Å². The lowest BCUT2D eigenvalue weighted by atomic mass is 10.2. The number of nitrogens with zero attached hydrogens (tertiary/aromatic N) is 1. The van der Waals surface area contributed by atoms with Gasteiger partial charge in [-0.1, -0.05) is 27.5 Å². The summed E-state index contributed by atoms with van der Waals surface area (Å²) < 4.78 is 37.7. The fourth-order valence-electron chi connectivity index (χ4n) is 1.41. The van der Waals surface area contributed by atoms with Gasteiger partial charge in [-0.05, 0) is 18.2 Å². The van der Waals surface area contributed by atoms with Crippen molar-refractivity contribution in [2.45, 2.75) is 6.18 Å². The van der Waals surface area contributed by atoms with E-state index in [1.54, 1.807) is 0 Å². The van der Waals surface area contributed by atoms with Gasteiger partial charge < -0.3 is 10.0 Å². The van der Waals surface area contributed by atoms with Gasteiger partial charge in [0.2, 0.25) is 0 Å². The number of alkyl halides is 3. The predicted molar refractivity (Wildman–Crippen MR) is 68.7 cm³/mol. The van der Waals surface area contributed by atoms with Crippen LogP contribution < -0.4 is 0 Å². The Balaban J connectivity index is 3.06. The molecule has 1 rings (SSSR count). The van der Waals surface area contributed by atoms with E-state index in [0.717, 1.165) is 0 Å². The first-order valence-corrected chi connectivity index (χ1v) is 6.30. The van der Waals surface area contributed by atoms with Crippen LogP contribution in [-0.4, -0.2) is 41.1 Å². The maximum absolute atomic E-state index is 12.4. The number of carbonyl (C=O) groups is 2. The zero-order valence-corrected chi connectivity index (χ0v) is 12.1. The highest BCUT2D eigenvalue weighted by molar-refractivity contribution is 9.10. The summed E-state index contributed by atoms with van der Waals surface area (Å²) in [6.07, 6.45) is -4.70. The lowest BCUT2D eigenvalue weighted by Gasteiger charge is -2.22. The van der Waals surface area contributed by atoms with E-state index in [4.69, 9.17) is 16.7 Å². The van der Waals surface area contributed by atoms with Gasteiger partial charge in [-0.25, -0.2) is 0 Å². The predicted octanol–water partition coefficient (Wildman–Crippen LogP) is 3.19. The largest absolute Gasteiger partial charge is 0.480 e. The minimum Gasteiger partial charge on any atom is -0.480 e. The zero-order valence-electron chi connectivity index (χ0n) is 9.75. The maximum atomic E-state index is 12.4. The highest BCUT2D eigenvalue weighted by atomic mass is 79.9. The van der Waals surface area contributed by atoms with Gasteiger partial charge in [-0.15, -0.1) is 0 Å². The minimum absolute atomic E-state index is 0.0676. The van der Waals surface area contributed by atoms with Gasteiger partial charge >= 0.3 is 12.1 Å². The van der Waals surface area contributed by atoms with Gasteiger partial charge in [0.05, 0.1) is 10.6 Å². The molecule has 0 heterocycles. The van der Waals surface area contributed by atoms with Crippen molar-refractivity contribution in [1.82, 2.24) is 4.90 Å². The van der Waals surface area contributed by atoms with Crippen LogP contribution in [0.3, 0.4) is 0 Å². The average molecular weight is 375 g/mol. The number of rotatable bonds is 4. The summed E-state index contributed by atoms with van der Waals surface area (Å²) in [6.45, 7) is -2.73. The van der Waals surface area contributed by atoms with Crippen molar-refractivity contribution >= 4 is 39.4 Å². The van der Waals surface area contributed by atoms with Crippen LogP contribution in [0.2, 0.25) is 5.02 Å². The third-order valence-electron chi connectivity index (χ3n) is 2.15. The maximum Gasteiger partial charge on any atom is 0.406 e. The molecule has 0 fully saturated rings. The summed E-state index contributed by atoms with van der Waals surface area (Å²) in [7, 11) is 0. The first-order valence-electron chi connectivity index (χ1n) is 5.13. The number of amides is 1. The van der Waals surface area contributed by atoms with Crippen LogP contribution in [0.15, 0.2) is 22.7 Å². The van der Waals surface area contributed by atoms with Crippen LogP contribution >= 0.6 is 27.5 Å². The number of aliphatic carboxylic acids is 1. The van der Waals surface area contributed by atoms with E-state index in [1.807, 2.05) is 0 Å². The van der Waals surface area contributed by atoms with Crippen molar-refractivity contribution in [2.24, 2.45) is 0 Å². The molecule has 1 aromatic rings. The van der Waals surface area contributed by atoms with Gasteiger partial charge in [-0.3, -0.25) is 9.59 Å². The lowest BCUT2D eigenvalue weighted by molar-refractivity contribution is -0.149. The molecule has 0 unspecified atom stereocenters. The van der Waals surface area contributed by atoms with Crippen LogP contribution in [0.25, 0.3) is 0 Å². The fraction of sp³-hybridized carbons (Fsp3) is 0.273. The standard InChI is InChI=1S/C11H8BrClF3NO3/c12-6-1-2-7(8(13)3-6)10(20)17(4-9(18)19)5-11(14,15)16/h1-3H,4-5H2,(H,18,19). The Bertz CT molecular complexity index is 536. The summed E-state index contributed by atoms with van der Waals surface area (Å²) in [4.78, 5) is 22.7. The van der Waals surface area contributed by atoms with E-state index in [1.165, 1.54) is 18.2 Å². The minimum atomic E-state index is -4.70. The van der Waals surface area contributed by atoms with Crippen LogP contribution in [0.1, 0.15) is 10.4 Å². The molecule has 4 nitrogen and oxygen atoms in total. The Morgan fingerprint density at radius 1 is 1.35 bits per heavy atom. The normalized spacial score (nSPS) is 11.2. The molecule has 1 amide bonds. The molecule has 1 aromatic carbocycles. The third-order valence-corrected chi connectivity index (χ3v) is 2.95. The number of benzene rings is 1. The molecular formula is C11H8BrClF3NO3. The van der Waals surface area contributed by atoms with Crippen LogP contribution in [0.4, 0.5) is 13.2 Å². The second kappa shape index (κ2) is 6.45. The highest BCUT2D eigenvalue weighted by Gasteiger charge is 2.34. The Morgan fingerprint density at radius 3 is 2.40 bits per heavy atom. The topological polar surface area (TPSA) is 57.6 Å². The molecule has 0 spiro atoms. The quantitative estimate of drug-likeness (QED) is 0.880. The van der Waals surface area contributed by atoms with E-state index in [2.05, 4.69) is 15.9 Å². The molecule has 20 heavy (non-hydrogen) atoms. The molecule has 0 aromatic heterocycles. The van der Waals surface area contributed by atoms with Gasteiger partial charge in [0.25, 0.3) is 5.91 Å². The smallest absolute Gasteiger partial charge is 0.406 e. The highest BCUT2D eigenvalue weighted by Crippen LogP contribution is 2.24. The number of carboxylic acid groups (broad SMARTS) is 1. The van der Waals surface area contributed by atoms with Gasteiger partial charge in [0.1, 0.15) is 13.1 Å². The van der Waals surface area contributed by atoms with Gasteiger partial charge in [0.15, 0.2) is 0 Å². The Morgan fingerprint density at radius 2 is 1.95 bits per heavy atom. The number of hydrogen-bond donors (Lipinski definition) is 1. The first kappa shape index (κ1) is 16.8. The summed E-state index contributed by atoms with van der Waals surface area (Å²) in [6, 6.07) is 3.98. The molecule has 1 N–H and O–H groups in total. The molecule has 110 valence electrons. The van der Waals surface area contributed by atoms with Crippen molar-refractivity contribution in [1.29, 1.82) is 0 Å². The second-order valence-electron chi connectivity index (χ2n) is 3.79. The first-order chi connectivity index (χ1) is 9.10. The molecule has 0 saturated heterocycles. The molecular weight excluding hydrogens is 366 g/mol. The SMILES string of the molecule is O=C(O)CN(CC(F)(F)F)C(=O)c1ccc(Br)cc1Cl. The molecule has 0 aliphatic rings. The van der Waals surface area contributed by atoms with E-state index in [0.29, 0.717) is 4.47 Å². The van der Waals surface area contributed by atoms with Gasteiger partial charge in [0, 0.05) is 4.47 Å². The molecule has 0 bridgehead atoms. The molecule has 0 saturated carbocycles. The van der Waals surface area contributed by atoms with E-state index >= 15 is 0 Å². The molecule has 9 heteroatoms. The fourth-order valence-corrected chi connectivity index (χ4v) is 2.17.